The predicted molar refractivity (Wildman–Crippen MR) is 187 cm³/mol. The van der Waals surface area contributed by atoms with Gasteiger partial charge in [0.05, 0.1) is 12.7 Å². The molecule has 0 spiro atoms. The van der Waals surface area contributed by atoms with Crippen LogP contribution in [0.2, 0.25) is 0 Å². The molecule has 4 heteroatoms. The number of aliphatic hydroxyl groups is 1. The van der Waals surface area contributed by atoms with Crippen molar-refractivity contribution in [1.82, 2.24) is 0 Å². The van der Waals surface area contributed by atoms with Gasteiger partial charge in [0.2, 0.25) is 0 Å². The van der Waals surface area contributed by atoms with Gasteiger partial charge in [-0.3, -0.25) is 0 Å². The smallest absolute Gasteiger partial charge is 0.344 e. The Morgan fingerprint density at radius 3 is 2.37 bits per heavy atom. The van der Waals surface area contributed by atoms with Gasteiger partial charge in [-0.25, -0.2) is 4.79 Å². The molecule has 8 unspecified atom stereocenters. The van der Waals surface area contributed by atoms with Crippen molar-refractivity contribution in [2.75, 3.05) is 13.2 Å². The van der Waals surface area contributed by atoms with Crippen LogP contribution in [0.3, 0.4) is 0 Å². The Morgan fingerprint density at radius 2 is 1.67 bits per heavy atom. The largest absolute Gasteiger partial charge is 0.482 e. The normalized spacial score (nSPS) is 42.8. The minimum atomic E-state index is -0.250. The molecule has 0 amide bonds. The Hall–Kier alpha value is -1.81. The van der Waals surface area contributed by atoms with Crippen LogP contribution in [0.25, 0.3) is 0 Å². The van der Waals surface area contributed by atoms with Gasteiger partial charge in [-0.05, 0) is 152 Å². The number of benzene rings is 1. The molecule has 1 aromatic carbocycles. The standard InChI is InChI=1S/C42H64O4/c1-26(2)29-12-11-28(5)23-32(29)45-24-36(44)46-25-42-20-15-30(27(3)4)37(42)31-13-14-34-39(8)18-17-35(43)38(6,7)33(39)16-19-41(34,10)40(31,9)21-22-42/h11-12,23,26,30-31,33-35,37,43H,3,13-22,24-25H2,1-2,4-10H3/t30-,31?,33?,34?,35?,37?,39?,40+,41?,42?/m0/s1. The molecule has 0 aromatic heterocycles. The van der Waals surface area contributed by atoms with E-state index in [0.717, 1.165) is 49.0 Å². The molecule has 0 saturated heterocycles. The van der Waals surface area contributed by atoms with Crippen molar-refractivity contribution in [2.45, 2.75) is 139 Å². The van der Waals surface area contributed by atoms with Crippen molar-refractivity contribution in [2.24, 2.45) is 56.7 Å². The predicted octanol–water partition coefficient (Wildman–Crippen LogP) is 10.1. The lowest BCUT2D eigenvalue weighted by atomic mass is 9.32. The molecule has 0 radical (unpaired) electrons. The number of hydrogen-bond donors (Lipinski definition) is 1. The first-order valence-electron chi connectivity index (χ1n) is 18.7. The van der Waals surface area contributed by atoms with E-state index in [4.69, 9.17) is 9.47 Å². The number of rotatable bonds is 7. The molecule has 46 heavy (non-hydrogen) atoms. The summed E-state index contributed by atoms with van der Waals surface area (Å²) in [5.41, 5.74) is 4.39. The van der Waals surface area contributed by atoms with E-state index in [-0.39, 0.29) is 45.8 Å². The van der Waals surface area contributed by atoms with E-state index in [0.29, 0.717) is 42.1 Å². The number of esters is 1. The zero-order valence-electron chi connectivity index (χ0n) is 30.6. The maximum absolute atomic E-state index is 13.3. The molecule has 5 aliphatic rings. The molecular formula is C42H64O4. The Bertz CT molecular complexity index is 1340. The highest BCUT2D eigenvalue weighted by atomic mass is 16.6. The average Bonchev–Trinajstić information content (AvgIpc) is 3.38. The summed E-state index contributed by atoms with van der Waals surface area (Å²) in [6.07, 6.45) is 11.6. The molecule has 5 fully saturated rings. The fourth-order valence-corrected chi connectivity index (χ4v) is 13.2. The highest BCUT2D eigenvalue weighted by Gasteiger charge is 2.71. The third-order valence-corrected chi connectivity index (χ3v) is 15.9. The highest BCUT2D eigenvalue weighted by molar-refractivity contribution is 5.71. The zero-order valence-corrected chi connectivity index (χ0v) is 30.6. The molecule has 1 aromatic rings. The Balaban J connectivity index is 1.23. The molecule has 0 bridgehead atoms. The van der Waals surface area contributed by atoms with Gasteiger partial charge < -0.3 is 14.6 Å². The summed E-state index contributed by atoms with van der Waals surface area (Å²) < 4.78 is 12.3. The van der Waals surface area contributed by atoms with Gasteiger partial charge in [-0.2, -0.15) is 0 Å². The third-order valence-electron chi connectivity index (χ3n) is 15.9. The van der Waals surface area contributed by atoms with Crippen LogP contribution >= 0.6 is 0 Å². The van der Waals surface area contributed by atoms with Crippen LogP contribution in [0.15, 0.2) is 30.4 Å². The van der Waals surface area contributed by atoms with Crippen LogP contribution in [-0.4, -0.2) is 30.4 Å². The van der Waals surface area contributed by atoms with E-state index >= 15 is 0 Å². The summed E-state index contributed by atoms with van der Waals surface area (Å²) in [7, 11) is 0. The Kier molecular flexibility index (Phi) is 8.64. The monoisotopic (exact) mass is 632 g/mol. The molecule has 6 rings (SSSR count). The van der Waals surface area contributed by atoms with Gasteiger partial charge in [0.1, 0.15) is 5.75 Å². The Morgan fingerprint density at radius 1 is 0.935 bits per heavy atom. The van der Waals surface area contributed by atoms with Gasteiger partial charge in [-0.15, -0.1) is 0 Å². The first-order valence-corrected chi connectivity index (χ1v) is 18.7. The van der Waals surface area contributed by atoms with Crippen molar-refractivity contribution >= 4 is 5.97 Å². The van der Waals surface area contributed by atoms with Crippen LogP contribution in [0.1, 0.15) is 137 Å². The lowest BCUT2D eigenvalue weighted by molar-refractivity contribution is -0.250. The molecule has 4 nitrogen and oxygen atoms in total. The second-order valence-electron chi connectivity index (χ2n) is 18.6. The van der Waals surface area contributed by atoms with E-state index in [9.17, 15) is 9.90 Å². The number of ether oxygens (including phenoxy) is 2. The fourth-order valence-electron chi connectivity index (χ4n) is 13.2. The average molecular weight is 633 g/mol. The summed E-state index contributed by atoms with van der Waals surface area (Å²) in [5, 5.41) is 11.1. The van der Waals surface area contributed by atoms with E-state index in [2.05, 4.69) is 81.0 Å². The number of carbonyl (C=O) groups excluding carboxylic acids is 1. The molecule has 0 aliphatic heterocycles. The van der Waals surface area contributed by atoms with Crippen molar-refractivity contribution in [3.05, 3.63) is 41.5 Å². The summed E-state index contributed by atoms with van der Waals surface area (Å²) in [6.45, 7) is 26.3. The lowest BCUT2D eigenvalue weighted by Crippen LogP contribution is -2.66. The highest BCUT2D eigenvalue weighted by Crippen LogP contribution is 2.77. The van der Waals surface area contributed by atoms with Gasteiger partial charge in [0, 0.05) is 5.41 Å². The molecule has 0 heterocycles. The SMILES string of the molecule is C=C(C)[C@@H]1CCC2(COC(=O)COc3cc(C)ccc3C(C)C)CC[C@]3(C)C(CCC4C5(C)CCC(O)C(C)(C)C5CCC43C)C12. The first-order chi connectivity index (χ1) is 21.5. The van der Waals surface area contributed by atoms with Crippen LogP contribution in [0.5, 0.6) is 5.75 Å². The summed E-state index contributed by atoms with van der Waals surface area (Å²) in [4.78, 5) is 13.3. The van der Waals surface area contributed by atoms with Crippen LogP contribution in [0.4, 0.5) is 0 Å². The lowest BCUT2D eigenvalue weighted by Gasteiger charge is -2.73. The van der Waals surface area contributed by atoms with Crippen LogP contribution in [-0.2, 0) is 9.53 Å². The topological polar surface area (TPSA) is 55.8 Å². The van der Waals surface area contributed by atoms with E-state index in [1.165, 1.54) is 37.7 Å². The molecule has 1 N–H and O–H groups in total. The van der Waals surface area contributed by atoms with E-state index in [1.54, 1.807) is 0 Å². The Labute approximate surface area is 280 Å². The summed E-state index contributed by atoms with van der Waals surface area (Å²) in [5.74, 6) is 3.76. The van der Waals surface area contributed by atoms with Gasteiger partial charge >= 0.3 is 5.97 Å². The molecule has 10 atom stereocenters. The van der Waals surface area contributed by atoms with E-state index < -0.39 is 0 Å². The summed E-state index contributed by atoms with van der Waals surface area (Å²) in [6, 6.07) is 6.25. The number of carbonyl (C=O) groups is 1. The zero-order chi connectivity index (χ0) is 33.4. The first kappa shape index (κ1) is 34.1. The molecular weight excluding hydrogens is 568 g/mol. The maximum Gasteiger partial charge on any atom is 0.344 e. The molecule has 5 aliphatic carbocycles. The van der Waals surface area contributed by atoms with Crippen molar-refractivity contribution in [3.63, 3.8) is 0 Å². The van der Waals surface area contributed by atoms with Crippen molar-refractivity contribution in [1.29, 1.82) is 0 Å². The second-order valence-corrected chi connectivity index (χ2v) is 18.6. The number of aliphatic hydroxyl groups excluding tert-OH is 1. The fraction of sp³-hybridized carbons (Fsp3) is 0.786. The maximum atomic E-state index is 13.3. The van der Waals surface area contributed by atoms with Crippen LogP contribution in [0, 0.1) is 63.6 Å². The van der Waals surface area contributed by atoms with Gasteiger partial charge in [-0.1, -0.05) is 72.8 Å². The van der Waals surface area contributed by atoms with Crippen LogP contribution < -0.4 is 4.74 Å². The minimum absolute atomic E-state index is 0.0202. The van der Waals surface area contributed by atoms with Gasteiger partial charge in [0.15, 0.2) is 6.61 Å². The minimum Gasteiger partial charge on any atom is -0.482 e. The third kappa shape index (κ3) is 5.04. The molecule has 5 saturated carbocycles. The quantitative estimate of drug-likeness (QED) is 0.240. The van der Waals surface area contributed by atoms with E-state index in [1.807, 2.05) is 6.07 Å². The number of fused-ring (bicyclic) bond motifs is 7. The van der Waals surface area contributed by atoms with Gasteiger partial charge in [0.25, 0.3) is 0 Å². The number of aryl methyl sites for hydroxylation is 1. The molecule has 256 valence electrons. The summed E-state index contributed by atoms with van der Waals surface area (Å²) >= 11 is 0. The second kappa shape index (κ2) is 11.7. The number of hydrogen-bond acceptors (Lipinski definition) is 4. The number of allylic oxidation sites excluding steroid dienone is 1. The van der Waals surface area contributed by atoms with Crippen molar-refractivity contribution in [3.8, 4) is 5.75 Å². The van der Waals surface area contributed by atoms with Crippen molar-refractivity contribution < 1.29 is 19.4 Å².